The molecule has 0 radical (unpaired) electrons. The summed E-state index contributed by atoms with van der Waals surface area (Å²) in [4.78, 5) is 20.3. The van der Waals surface area contributed by atoms with Crippen LogP contribution < -0.4 is 10.2 Å². The van der Waals surface area contributed by atoms with E-state index in [2.05, 4.69) is 38.4 Å². The minimum absolute atomic E-state index is 0.604. The van der Waals surface area contributed by atoms with E-state index in [1.165, 1.54) is 29.9 Å². The van der Waals surface area contributed by atoms with Gasteiger partial charge in [-0.05, 0) is 50.8 Å². The summed E-state index contributed by atoms with van der Waals surface area (Å²) in [5, 5.41) is 3.43. The van der Waals surface area contributed by atoms with Gasteiger partial charge in [-0.15, -0.1) is 0 Å². The predicted octanol–water partition coefficient (Wildman–Crippen LogP) is 2.77. The van der Waals surface area contributed by atoms with Gasteiger partial charge in [0.25, 0.3) is 0 Å². The lowest BCUT2D eigenvalue weighted by molar-refractivity contribution is 0.404. The third-order valence-electron chi connectivity index (χ3n) is 5.77. The molecule has 140 valence electrons. The first kappa shape index (κ1) is 16.7. The van der Waals surface area contributed by atoms with Gasteiger partial charge in [-0.25, -0.2) is 15.0 Å². The van der Waals surface area contributed by atoms with Crippen molar-refractivity contribution in [2.24, 2.45) is 5.92 Å². The van der Waals surface area contributed by atoms with Crippen molar-refractivity contribution in [3.63, 3.8) is 0 Å². The van der Waals surface area contributed by atoms with Crippen LogP contribution in [0.25, 0.3) is 11.0 Å². The number of hydrogen-bond acceptors (Lipinski definition) is 5. The summed E-state index contributed by atoms with van der Waals surface area (Å²) in [6.45, 7) is 6.03. The second-order valence-electron chi connectivity index (χ2n) is 7.81. The van der Waals surface area contributed by atoms with Crippen LogP contribution in [-0.4, -0.2) is 39.6 Å². The number of aromatic amines is 1. The number of H-pyrrole nitrogens is 1. The summed E-state index contributed by atoms with van der Waals surface area (Å²) in [5.41, 5.74) is 4.73. The first-order chi connectivity index (χ1) is 13.3. The molecule has 2 aliphatic heterocycles. The van der Waals surface area contributed by atoms with Gasteiger partial charge in [-0.1, -0.05) is 12.1 Å². The van der Waals surface area contributed by atoms with Gasteiger partial charge >= 0.3 is 0 Å². The van der Waals surface area contributed by atoms with E-state index in [1.54, 1.807) is 0 Å². The molecular formula is C21H26N6. The van der Waals surface area contributed by atoms with E-state index in [9.17, 15) is 0 Å². The SMILES string of the molecule is Cc1nc2c(c(N3CCC[C@H](Cc4nc5ccccc5[nH]4)C3)n1)CCNC2. The number of aryl methyl sites for hydroxylation is 1. The summed E-state index contributed by atoms with van der Waals surface area (Å²) in [7, 11) is 0. The largest absolute Gasteiger partial charge is 0.356 e. The number of imidazole rings is 1. The lowest BCUT2D eigenvalue weighted by atomic mass is 9.93. The van der Waals surface area contributed by atoms with E-state index in [0.717, 1.165) is 61.7 Å². The Balaban J connectivity index is 1.37. The fraction of sp³-hybridized carbons (Fsp3) is 0.476. The van der Waals surface area contributed by atoms with Crippen LogP contribution in [0.2, 0.25) is 0 Å². The highest BCUT2D eigenvalue weighted by Gasteiger charge is 2.26. The molecule has 1 fully saturated rings. The number of anilines is 1. The first-order valence-corrected chi connectivity index (χ1v) is 10.0. The van der Waals surface area contributed by atoms with E-state index in [1.807, 2.05) is 13.0 Å². The van der Waals surface area contributed by atoms with Crippen LogP contribution in [0.4, 0.5) is 5.82 Å². The summed E-state index contributed by atoms with van der Waals surface area (Å²) in [6.07, 6.45) is 4.48. The molecule has 2 aliphatic rings. The second kappa shape index (κ2) is 6.93. The Hall–Kier alpha value is -2.47. The summed E-state index contributed by atoms with van der Waals surface area (Å²) >= 11 is 0. The fourth-order valence-corrected chi connectivity index (χ4v) is 4.52. The van der Waals surface area contributed by atoms with Gasteiger partial charge in [-0.2, -0.15) is 0 Å². The Bertz CT molecular complexity index is 929. The second-order valence-corrected chi connectivity index (χ2v) is 7.81. The van der Waals surface area contributed by atoms with Crippen molar-refractivity contribution in [1.82, 2.24) is 25.3 Å². The monoisotopic (exact) mass is 362 g/mol. The van der Waals surface area contributed by atoms with Gasteiger partial charge in [-0.3, -0.25) is 0 Å². The van der Waals surface area contributed by atoms with Crippen molar-refractivity contribution < 1.29 is 0 Å². The van der Waals surface area contributed by atoms with E-state index >= 15 is 0 Å². The van der Waals surface area contributed by atoms with Crippen LogP contribution >= 0.6 is 0 Å². The highest BCUT2D eigenvalue weighted by Crippen LogP contribution is 2.29. The molecule has 0 unspecified atom stereocenters. The zero-order chi connectivity index (χ0) is 18.2. The standard InChI is InChI=1S/C21H26N6/c1-14-23-19-12-22-9-8-16(19)21(24-14)27-10-4-5-15(13-27)11-20-25-17-6-2-3-7-18(17)26-20/h2-3,6-7,15,22H,4-5,8-13H2,1H3,(H,25,26)/t15-/m1/s1. The first-order valence-electron chi connectivity index (χ1n) is 10.0. The normalized spacial score (nSPS) is 20.0. The minimum Gasteiger partial charge on any atom is -0.356 e. The number of aromatic nitrogens is 4. The third kappa shape index (κ3) is 3.30. The van der Waals surface area contributed by atoms with Crippen LogP contribution in [0.3, 0.4) is 0 Å². The van der Waals surface area contributed by atoms with Crippen molar-refractivity contribution in [2.75, 3.05) is 24.5 Å². The Morgan fingerprint density at radius 3 is 3.04 bits per heavy atom. The fourth-order valence-electron chi connectivity index (χ4n) is 4.52. The van der Waals surface area contributed by atoms with Crippen molar-refractivity contribution in [3.05, 3.63) is 47.2 Å². The molecule has 0 amide bonds. The maximum absolute atomic E-state index is 4.85. The highest BCUT2D eigenvalue weighted by molar-refractivity contribution is 5.74. The molecule has 27 heavy (non-hydrogen) atoms. The Morgan fingerprint density at radius 2 is 2.11 bits per heavy atom. The molecule has 0 saturated carbocycles. The zero-order valence-corrected chi connectivity index (χ0v) is 15.8. The lowest BCUT2D eigenvalue weighted by Crippen LogP contribution is -2.39. The number of piperidine rings is 1. The summed E-state index contributed by atoms with van der Waals surface area (Å²) < 4.78 is 0. The van der Waals surface area contributed by atoms with E-state index < -0.39 is 0 Å². The molecule has 0 aliphatic carbocycles. The molecule has 1 saturated heterocycles. The minimum atomic E-state index is 0.604. The predicted molar refractivity (Wildman–Crippen MR) is 107 cm³/mol. The number of nitrogens with one attached hydrogen (secondary N) is 2. The van der Waals surface area contributed by atoms with E-state index in [0.29, 0.717) is 5.92 Å². The van der Waals surface area contributed by atoms with E-state index in [-0.39, 0.29) is 0 Å². The van der Waals surface area contributed by atoms with Crippen molar-refractivity contribution in [1.29, 1.82) is 0 Å². The Morgan fingerprint density at radius 1 is 1.19 bits per heavy atom. The maximum Gasteiger partial charge on any atom is 0.135 e. The highest BCUT2D eigenvalue weighted by atomic mass is 15.2. The summed E-state index contributed by atoms with van der Waals surface area (Å²) in [6, 6.07) is 8.28. The van der Waals surface area contributed by atoms with Gasteiger partial charge in [0, 0.05) is 31.6 Å². The quantitative estimate of drug-likeness (QED) is 0.750. The molecule has 3 aromatic rings. The van der Waals surface area contributed by atoms with Gasteiger partial charge < -0.3 is 15.2 Å². The van der Waals surface area contributed by atoms with Gasteiger partial charge in [0.2, 0.25) is 0 Å². The molecular weight excluding hydrogens is 336 g/mol. The number of nitrogens with zero attached hydrogens (tertiary/aromatic N) is 4. The summed E-state index contributed by atoms with van der Waals surface area (Å²) in [5.74, 6) is 3.76. The van der Waals surface area contributed by atoms with Gasteiger partial charge in [0.15, 0.2) is 0 Å². The number of rotatable bonds is 3. The zero-order valence-electron chi connectivity index (χ0n) is 15.8. The maximum atomic E-state index is 4.85. The van der Waals surface area contributed by atoms with Crippen molar-refractivity contribution in [3.8, 4) is 0 Å². The molecule has 6 heteroatoms. The third-order valence-corrected chi connectivity index (χ3v) is 5.77. The van der Waals surface area contributed by atoms with Crippen LogP contribution in [0.15, 0.2) is 24.3 Å². The molecule has 1 aromatic carbocycles. The average molecular weight is 362 g/mol. The molecule has 2 aromatic heterocycles. The van der Waals surface area contributed by atoms with Crippen LogP contribution in [-0.2, 0) is 19.4 Å². The van der Waals surface area contributed by atoms with Gasteiger partial charge in [0.1, 0.15) is 17.5 Å². The number of benzene rings is 1. The molecule has 1 atom stereocenters. The average Bonchev–Trinajstić information content (AvgIpc) is 3.09. The smallest absolute Gasteiger partial charge is 0.135 e. The van der Waals surface area contributed by atoms with Crippen LogP contribution in [0.1, 0.15) is 35.7 Å². The van der Waals surface area contributed by atoms with Crippen LogP contribution in [0, 0.1) is 12.8 Å². The molecule has 2 N–H and O–H groups in total. The van der Waals surface area contributed by atoms with Crippen LogP contribution in [0.5, 0.6) is 0 Å². The van der Waals surface area contributed by atoms with E-state index in [4.69, 9.17) is 9.97 Å². The molecule has 4 heterocycles. The van der Waals surface area contributed by atoms with Gasteiger partial charge in [0.05, 0.1) is 16.7 Å². The number of fused-ring (bicyclic) bond motifs is 2. The molecule has 5 rings (SSSR count). The molecule has 6 nitrogen and oxygen atoms in total. The topological polar surface area (TPSA) is 69.7 Å². The lowest BCUT2D eigenvalue weighted by Gasteiger charge is -2.35. The Labute approximate surface area is 159 Å². The van der Waals surface area contributed by atoms with Crippen molar-refractivity contribution in [2.45, 2.75) is 39.2 Å². The van der Waals surface area contributed by atoms with Crippen molar-refractivity contribution >= 4 is 16.9 Å². The number of hydrogen-bond donors (Lipinski definition) is 2. The molecule has 0 bridgehead atoms. The molecule has 0 spiro atoms. The number of para-hydroxylation sites is 2. The Kier molecular flexibility index (Phi) is 4.28.